The third-order valence-electron chi connectivity index (χ3n) is 2.56. The highest BCUT2D eigenvalue weighted by Gasteiger charge is 2.06. The first-order valence-electron chi connectivity index (χ1n) is 6.13. The lowest BCUT2D eigenvalue weighted by atomic mass is 10.2. The number of carbonyl (C=O) groups is 1. The molecule has 0 amide bonds. The van der Waals surface area contributed by atoms with Gasteiger partial charge in [0.15, 0.2) is 0 Å². The van der Waals surface area contributed by atoms with Gasteiger partial charge in [0.05, 0.1) is 23.8 Å². The summed E-state index contributed by atoms with van der Waals surface area (Å²) in [6.07, 6.45) is 1.46. The molecule has 1 aromatic heterocycles. The molecule has 1 N–H and O–H groups in total. The van der Waals surface area contributed by atoms with Gasteiger partial charge >= 0.3 is 5.97 Å². The SMILES string of the molecule is CCOC(=O)c1ccc(Nc2ccc(C#N)cc2)nc1. The van der Waals surface area contributed by atoms with Crippen LogP contribution in [0.5, 0.6) is 0 Å². The fourth-order valence-corrected chi connectivity index (χ4v) is 1.58. The lowest BCUT2D eigenvalue weighted by Gasteiger charge is -2.06. The molecule has 0 bridgehead atoms. The summed E-state index contributed by atoms with van der Waals surface area (Å²) in [5, 5.41) is 11.8. The molecular formula is C15H13N3O2. The Labute approximate surface area is 116 Å². The molecule has 0 aliphatic rings. The van der Waals surface area contributed by atoms with Gasteiger partial charge in [-0.2, -0.15) is 5.26 Å². The number of benzene rings is 1. The van der Waals surface area contributed by atoms with Crippen LogP contribution in [0.2, 0.25) is 0 Å². The monoisotopic (exact) mass is 267 g/mol. The summed E-state index contributed by atoms with van der Waals surface area (Å²) < 4.78 is 4.88. The van der Waals surface area contributed by atoms with Crippen LogP contribution in [0.1, 0.15) is 22.8 Å². The first kappa shape index (κ1) is 13.6. The summed E-state index contributed by atoms with van der Waals surface area (Å²) in [5.41, 5.74) is 1.83. The molecule has 0 radical (unpaired) electrons. The molecule has 0 atom stereocenters. The molecule has 2 aromatic rings. The van der Waals surface area contributed by atoms with Crippen molar-refractivity contribution < 1.29 is 9.53 Å². The maximum atomic E-state index is 11.5. The third-order valence-corrected chi connectivity index (χ3v) is 2.56. The molecule has 0 aliphatic heterocycles. The van der Waals surface area contributed by atoms with Crippen LogP contribution in [0.25, 0.3) is 0 Å². The molecule has 0 aliphatic carbocycles. The fourth-order valence-electron chi connectivity index (χ4n) is 1.58. The number of ether oxygens (including phenoxy) is 1. The summed E-state index contributed by atoms with van der Waals surface area (Å²) in [7, 11) is 0. The molecular weight excluding hydrogens is 254 g/mol. The van der Waals surface area contributed by atoms with Gasteiger partial charge in [-0.15, -0.1) is 0 Å². The second-order valence-electron chi connectivity index (χ2n) is 3.97. The van der Waals surface area contributed by atoms with Gasteiger partial charge in [-0.25, -0.2) is 9.78 Å². The number of nitrogens with one attached hydrogen (secondary N) is 1. The number of hydrogen-bond donors (Lipinski definition) is 1. The molecule has 0 fully saturated rings. The van der Waals surface area contributed by atoms with E-state index in [9.17, 15) is 4.79 Å². The van der Waals surface area contributed by atoms with Gasteiger partial charge in [0.1, 0.15) is 5.82 Å². The van der Waals surface area contributed by atoms with Crippen molar-refractivity contribution in [2.24, 2.45) is 0 Å². The Hall–Kier alpha value is -2.87. The zero-order valence-corrected chi connectivity index (χ0v) is 11.0. The minimum atomic E-state index is -0.384. The lowest BCUT2D eigenvalue weighted by Crippen LogP contribution is -2.05. The summed E-state index contributed by atoms with van der Waals surface area (Å²) in [6.45, 7) is 2.09. The quantitative estimate of drug-likeness (QED) is 0.862. The molecule has 0 spiro atoms. The number of pyridine rings is 1. The van der Waals surface area contributed by atoms with Crippen molar-refractivity contribution in [1.82, 2.24) is 4.98 Å². The van der Waals surface area contributed by atoms with E-state index in [1.807, 2.05) is 0 Å². The highest BCUT2D eigenvalue weighted by Crippen LogP contribution is 2.15. The average Bonchev–Trinajstić information content (AvgIpc) is 2.49. The van der Waals surface area contributed by atoms with Crippen LogP contribution < -0.4 is 5.32 Å². The Morgan fingerprint density at radius 1 is 1.30 bits per heavy atom. The Morgan fingerprint density at radius 3 is 2.60 bits per heavy atom. The number of nitrogens with zero attached hydrogens (tertiary/aromatic N) is 2. The number of rotatable bonds is 4. The van der Waals surface area contributed by atoms with Gasteiger partial charge in [0.25, 0.3) is 0 Å². The summed E-state index contributed by atoms with van der Waals surface area (Å²) in [5.74, 6) is 0.229. The van der Waals surface area contributed by atoms with Crippen LogP contribution in [0.3, 0.4) is 0 Å². The number of esters is 1. The Bertz CT molecular complexity index is 628. The molecule has 1 heterocycles. The van der Waals surface area contributed by atoms with Crippen LogP contribution in [-0.4, -0.2) is 17.6 Å². The third kappa shape index (κ3) is 3.33. The number of hydrogen-bond acceptors (Lipinski definition) is 5. The molecule has 1 aromatic carbocycles. The van der Waals surface area contributed by atoms with Crippen LogP contribution >= 0.6 is 0 Å². The Balaban J connectivity index is 2.06. The Kier molecular flexibility index (Phi) is 4.30. The number of anilines is 2. The van der Waals surface area contributed by atoms with E-state index in [1.165, 1.54) is 6.20 Å². The van der Waals surface area contributed by atoms with Gasteiger partial charge in [0.2, 0.25) is 0 Å². The van der Waals surface area contributed by atoms with Crippen LogP contribution in [0.15, 0.2) is 42.6 Å². The van der Waals surface area contributed by atoms with E-state index in [-0.39, 0.29) is 5.97 Å². The standard InChI is InChI=1S/C15H13N3O2/c1-2-20-15(19)12-5-8-14(17-10-12)18-13-6-3-11(9-16)4-7-13/h3-8,10H,2H2,1H3,(H,17,18). The minimum Gasteiger partial charge on any atom is -0.462 e. The van der Waals surface area contributed by atoms with Crippen LogP contribution in [-0.2, 0) is 4.74 Å². The molecule has 20 heavy (non-hydrogen) atoms. The molecule has 0 saturated heterocycles. The summed E-state index contributed by atoms with van der Waals surface area (Å²) in [6, 6.07) is 12.4. The summed E-state index contributed by atoms with van der Waals surface area (Å²) in [4.78, 5) is 15.6. The van der Waals surface area contributed by atoms with Crippen molar-refractivity contribution >= 4 is 17.5 Å². The van der Waals surface area contributed by atoms with Gasteiger partial charge in [0, 0.05) is 11.9 Å². The highest BCUT2D eigenvalue weighted by molar-refractivity contribution is 5.89. The summed E-state index contributed by atoms with van der Waals surface area (Å²) >= 11 is 0. The van der Waals surface area contributed by atoms with Crippen molar-refractivity contribution in [1.29, 1.82) is 5.26 Å². The highest BCUT2D eigenvalue weighted by atomic mass is 16.5. The van der Waals surface area contributed by atoms with E-state index in [1.54, 1.807) is 43.3 Å². The number of aromatic nitrogens is 1. The van der Waals surface area contributed by atoms with Crippen molar-refractivity contribution in [2.75, 3.05) is 11.9 Å². The second-order valence-corrected chi connectivity index (χ2v) is 3.97. The fraction of sp³-hybridized carbons (Fsp3) is 0.133. The zero-order chi connectivity index (χ0) is 14.4. The van der Waals surface area contributed by atoms with Crippen molar-refractivity contribution in [2.45, 2.75) is 6.92 Å². The zero-order valence-electron chi connectivity index (χ0n) is 11.0. The first-order chi connectivity index (χ1) is 9.72. The van der Waals surface area contributed by atoms with Gasteiger partial charge in [-0.1, -0.05) is 0 Å². The van der Waals surface area contributed by atoms with Gasteiger partial charge < -0.3 is 10.1 Å². The van der Waals surface area contributed by atoms with E-state index >= 15 is 0 Å². The lowest BCUT2D eigenvalue weighted by molar-refractivity contribution is 0.0526. The minimum absolute atomic E-state index is 0.337. The van der Waals surface area contributed by atoms with Crippen LogP contribution in [0, 0.1) is 11.3 Å². The van der Waals surface area contributed by atoms with Crippen molar-refractivity contribution in [3.8, 4) is 6.07 Å². The number of carbonyl (C=O) groups excluding carboxylic acids is 1. The smallest absolute Gasteiger partial charge is 0.339 e. The predicted molar refractivity (Wildman–Crippen MR) is 74.6 cm³/mol. The molecule has 0 unspecified atom stereocenters. The van der Waals surface area contributed by atoms with Crippen molar-refractivity contribution in [3.63, 3.8) is 0 Å². The molecule has 100 valence electrons. The van der Waals surface area contributed by atoms with E-state index in [2.05, 4.69) is 16.4 Å². The van der Waals surface area contributed by atoms with Gasteiger partial charge in [-0.3, -0.25) is 0 Å². The van der Waals surface area contributed by atoms with Crippen molar-refractivity contribution in [3.05, 3.63) is 53.7 Å². The largest absolute Gasteiger partial charge is 0.462 e. The maximum absolute atomic E-state index is 11.5. The predicted octanol–water partition coefficient (Wildman–Crippen LogP) is 2.87. The molecule has 5 nitrogen and oxygen atoms in total. The molecule has 5 heteroatoms. The van der Waals surface area contributed by atoms with Gasteiger partial charge in [-0.05, 0) is 43.3 Å². The van der Waals surface area contributed by atoms with E-state index in [4.69, 9.17) is 10.00 Å². The topological polar surface area (TPSA) is 75.0 Å². The average molecular weight is 267 g/mol. The molecule has 0 saturated carbocycles. The molecule has 2 rings (SSSR count). The van der Waals surface area contributed by atoms with Crippen LogP contribution in [0.4, 0.5) is 11.5 Å². The van der Waals surface area contributed by atoms with E-state index < -0.39 is 0 Å². The maximum Gasteiger partial charge on any atom is 0.339 e. The first-order valence-corrected chi connectivity index (χ1v) is 6.13. The second kappa shape index (κ2) is 6.34. The number of nitriles is 1. The van der Waals surface area contributed by atoms with E-state index in [0.717, 1.165) is 5.69 Å². The van der Waals surface area contributed by atoms with E-state index in [0.29, 0.717) is 23.6 Å². The normalized spacial score (nSPS) is 9.60. The Morgan fingerprint density at radius 2 is 2.05 bits per heavy atom.